The van der Waals surface area contributed by atoms with Crippen LogP contribution >= 0.6 is 0 Å². The molecular formula is C18H34N2O2. The molecule has 4 heteroatoms. The van der Waals surface area contributed by atoms with E-state index in [2.05, 4.69) is 44.4 Å². The standard InChI is InChI=1S/C18H34N2O2/c1-16(2,3)20-11-18(12-20)10-15(22-13-18)9-17(4,5)19-7-6-8-21-14-19/h15H,6-14H2,1-5H3. The Hall–Kier alpha value is -0.160. The van der Waals surface area contributed by atoms with Gasteiger partial charge in [-0.25, -0.2) is 0 Å². The predicted molar refractivity (Wildman–Crippen MR) is 89.0 cm³/mol. The lowest BCUT2D eigenvalue weighted by Gasteiger charge is -2.53. The normalized spacial score (nSPS) is 30.7. The average Bonchev–Trinajstić information content (AvgIpc) is 2.80. The highest BCUT2D eigenvalue weighted by Crippen LogP contribution is 2.45. The fourth-order valence-electron chi connectivity index (χ4n) is 4.25. The molecule has 1 atom stereocenters. The first-order valence-electron chi connectivity index (χ1n) is 8.90. The first-order chi connectivity index (χ1) is 10.2. The minimum absolute atomic E-state index is 0.171. The maximum Gasteiger partial charge on any atom is 0.0994 e. The van der Waals surface area contributed by atoms with Gasteiger partial charge < -0.3 is 9.47 Å². The molecule has 0 aromatic rings. The van der Waals surface area contributed by atoms with Crippen molar-refractivity contribution in [1.82, 2.24) is 9.80 Å². The molecule has 1 unspecified atom stereocenters. The lowest BCUT2D eigenvalue weighted by molar-refractivity contribution is -0.0760. The summed E-state index contributed by atoms with van der Waals surface area (Å²) in [4.78, 5) is 5.06. The van der Waals surface area contributed by atoms with E-state index in [1.165, 1.54) is 19.5 Å². The lowest BCUT2D eigenvalue weighted by atomic mass is 9.74. The van der Waals surface area contributed by atoms with Gasteiger partial charge in [-0.1, -0.05) is 0 Å². The monoisotopic (exact) mass is 310 g/mol. The first-order valence-corrected chi connectivity index (χ1v) is 8.90. The van der Waals surface area contributed by atoms with Gasteiger partial charge in [0, 0.05) is 42.7 Å². The zero-order chi connectivity index (χ0) is 16.0. The van der Waals surface area contributed by atoms with Gasteiger partial charge in [0.25, 0.3) is 0 Å². The van der Waals surface area contributed by atoms with Gasteiger partial charge in [-0.15, -0.1) is 0 Å². The van der Waals surface area contributed by atoms with Crippen LogP contribution in [0.15, 0.2) is 0 Å². The maximum absolute atomic E-state index is 6.20. The third kappa shape index (κ3) is 3.35. The fraction of sp³-hybridized carbons (Fsp3) is 1.00. The average molecular weight is 310 g/mol. The topological polar surface area (TPSA) is 24.9 Å². The van der Waals surface area contributed by atoms with E-state index < -0.39 is 0 Å². The van der Waals surface area contributed by atoms with Crippen LogP contribution in [-0.4, -0.2) is 66.6 Å². The minimum Gasteiger partial charge on any atom is -0.377 e. The Kier molecular flexibility index (Phi) is 4.35. The summed E-state index contributed by atoms with van der Waals surface area (Å²) >= 11 is 0. The smallest absolute Gasteiger partial charge is 0.0994 e. The Labute approximate surface area is 136 Å². The second-order valence-electron chi connectivity index (χ2n) is 9.33. The largest absolute Gasteiger partial charge is 0.377 e. The minimum atomic E-state index is 0.171. The van der Waals surface area contributed by atoms with E-state index in [1.54, 1.807) is 0 Å². The summed E-state index contributed by atoms with van der Waals surface area (Å²) in [6.07, 6.45) is 3.92. The van der Waals surface area contributed by atoms with Gasteiger partial charge in [-0.2, -0.15) is 0 Å². The maximum atomic E-state index is 6.20. The lowest BCUT2D eigenvalue weighted by Crippen LogP contribution is -2.63. The summed E-state index contributed by atoms with van der Waals surface area (Å²) in [5, 5.41) is 0. The molecule has 3 fully saturated rings. The third-order valence-corrected chi connectivity index (χ3v) is 5.83. The molecule has 0 aromatic heterocycles. The molecule has 0 bridgehead atoms. The third-order valence-electron chi connectivity index (χ3n) is 5.83. The molecule has 0 saturated carbocycles. The molecule has 3 aliphatic rings. The van der Waals surface area contributed by atoms with Gasteiger partial charge in [0.15, 0.2) is 0 Å². The van der Waals surface area contributed by atoms with Crippen LogP contribution in [0.5, 0.6) is 0 Å². The molecule has 0 amide bonds. The molecule has 3 aliphatic heterocycles. The fourth-order valence-corrected chi connectivity index (χ4v) is 4.25. The number of hydrogen-bond acceptors (Lipinski definition) is 4. The first kappa shape index (κ1) is 16.7. The highest BCUT2D eigenvalue weighted by atomic mass is 16.5. The second kappa shape index (κ2) is 5.73. The van der Waals surface area contributed by atoms with Crippen molar-refractivity contribution < 1.29 is 9.47 Å². The van der Waals surface area contributed by atoms with E-state index in [9.17, 15) is 0 Å². The van der Waals surface area contributed by atoms with Gasteiger partial charge >= 0.3 is 0 Å². The second-order valence-corrected chi connectivity index (χ2v) is 9.33. The molecule has 0 N–H and O–H groups in total. The highest BCUT2D eigenvalue weighted by molar-refractivity contribution is 5.04. The molecule has 22 heavy (non-hydrogen) atoms. The van der Waals surface area contributed by atoms with Crippen LogP contribution in [0.25, 0.3) is 0 Å². The quantitative estimate of drug-likeness (QED) is 0.800. The highest BCUT2D eigenvalue weighted by Gasteiger charge is 2.52. The zero-order valence-corrected chi connectivity index (χ0v) is 15.2. The summed E-state index contributed by atoms with van der Waals surface area (Å²) in [6.45, 7) is 17.9. The van der Waals surface area contributed by atoms with Crippen molar-refractivity contribution in [3.8, 4) is 0 Å². The molecule has 0 aliphatic carbocycles. The van der Waals surface area contributed by atoms with E-state index in [1.807, 2.05) is 0 Å². The molecular weight excluding hydrogens is 276 g/mol. The van der Waals surface area contributed by atoms with Crippen LogP contribution in [0.3, 0.4) is 0 Å². The van der Waals surface area contributed by atoms with Gasteiger partial charge in [-0.3, -0.25) is 9.80 Å². The number of ether oxygens (including phenoxy) is 2. The summed E-state index contributed by atoms with van der Waals surface area (Å²) in [5.41, 5.74) is 0.907. The van der Waals surface area contributed by atoms with Gasteiger partial charge in [0.1, 0.15) is 0 Å². The predicted octanol–water partition coefficient (Wildman–Crippen LogP) is 2.72. The van der Waals surface area contributed by atoms with Crippen molar-refractivity contribution in [3.05, 3.63) is 0 Å². The number of rotatable bonds is 3. The number of likely N-dealkylation sites (tertiary alicyclic amines) is 1. The van der Waals surface area contributed by atoms with E-state index in [0.717, 1.165) is 39.3 Å². The van der Waals surface area contributed by atoms with Crippen LogP contribution in [0.1, 0.15) is 53.9 Å². The van der Waals surface area contributed by atoms with Crippen LogP contribution in [0, 0.1) is 5.41 Å². The van der Waals surface area contributed by atoms with Gasteiger partial charge in [0.2, 0.25) is 0 Å². The van der Waals surface area contributed by atoms with E-state index >= 15 is 0 Å². The summed E-state index contributed by atoms with van der Waals surface area (Å²) < 4.78 is 11.8. The van der Waals surface area contributed by atoms with E-state index in [4.69, 9.17) is 9.47 Å². The van der Waals surface area contributed by atoms with Crippen LogP contribution in [-0.2, 0) is 9.47 Å². The SMILES string of the molecule is CC(C)(C)N1CC2(COC(CC(C)(C)N3CCCOC3)C2)C1. The van der Waals surface area contributed by atoms with Crippen molar-refractivity contribution in [2.75, 3.05) is 39.6 Å². The van der Waals surface area contributed by atoms with Crippen molar-refractivity contribution in [2.24, 2.45) is 5.41 Å². The van der Waals surface area contributed by atoms with Crippen LogP contribution < -0.4 is 0 Å². The molecule has 1 spiro atoms. The molecule has 3 rings (SSSR count). The van der Waals surface area contributed by atoms with E-state index in [-0.39, 0.29) is 5.54 Å². The molecule has 3 saturated heterocycles. The Bertz CT molecular complexity index is 390. The Morgan fingerprint density at radius 1 is 1.09 bits per heavy atom. The van der Waals surface area contributed by atoms with Crippen molar-refractivity contribution >= 4 is 0 Å². The van der Waals surface area contributed by atoms with Crippen LogP contribution in [0.2, 0.25) is 0 Å². The Morgan fingerprint density at radius 2 is 1.82 bits per heavy atom. The summed E-state index contributed by atoms with van der Waals surface area (Å²) in [7, 11) is 0. The van der Waals surface area contributed by atoms with Crippen molar-refractivity contribution in [1.29, 1.82) is 0 Å². The van der Waals surface area contributed by atoms with Crippen molar-refractivity contribution in [3.63, 3.8) is 0 Å². The van der Waals surface area contributed by atoms with Gasteiger partial charge in [0.05, 0.1) is 19.4 Å². The Balaban J connectivity index is 1.51. The molecule has 0 radical (unpaired) electrons. The number of hydrogen-bond donors (Lipinski definition) is 0. The molecule has 3 heterocycles. The molecule has 128 valence electrons. The van der Waals surface area contributed by atoms with Crippen molar-refractivity contribution in [2.45, 2.75) is 71.1 Å². The number of nitrogens with zero attached hydrogens (tertiary/aromatic N) is 2. The summed E-state index contributed by atoms with van der Waals surface area (Å²) in [5.74, 6) is 0. The van der Waals surface area contributed by atoms with Gasteiger partial charge in [-0.05, 0) is 53.9 Å². The molecule has 0 aromatic carbocycles. The van der Waals surface area contributed by atoms with Crippen LogP contribution in [0.4, 0.5) is 0 Å². The molecule has 4 nitrogen and oxygen atoms in total. The Morgan fingerprint density at radius 3 is 2.41 bits per heavy atom. The zero-order valence-electron chi connectivity index (χ0n) is 15.2. The summed E-state index contributed by atoms with van der Waals surface area (Å²) in [6, 6.07) is 0. The van der Waals surface area contributed by atoms with E-state index in [0.29, 0.717) is 17.1 Å².